The van der Waals surface area contributed by atoms with E-state index in [1.54, 1.807) is 0 Å². The van der Waals surface area contributed by atoms with E-state index in [1.165, 1.54) is 0 Å². The zero-order chi connectivity index (χ0) is 15.1. The van der Waals surface area contributed by atoms with Crippen LogP contribution in [0.5, 0.6) is 11.5 Å². The minimum absolute atomic E-state index is 0.136. The van der Waals surface area contributed by atoms with Crippen molar-refractivity contribution in [3.8, 4) is 11.5 Å². The fraction of sp³-hybridized carbons (Fsp3) is 0.400. The van der Waals surface area contributed by atoms with Crippen LogP contribution < -0.4 is 19.9 Å². The third-order valence-corrected chi connectivity index (χ3v) is 2.15. The van der Waals surface area contributed by atoms with E-state index in [4.69, 9.17) is 30.1 Å². The van der Waals surface area contributed by atoms with Crippen molar-refractivity contribution in [2.45, 2.75) is 0 Å². The number of hydrogen-bond acceptors (Lipinski definition) is 10. The summed E-state index contributed by atoms with van der Waals surface area (Å²) < 4.78 is 10.0. The average Bonchev–Trinajstić information content (AvgIpc) is 2.41. The van der Waals surface area contributed by atoms with Crippen molar-refractivity contribution < 1.29 is 30.1 Å². The zero-order valence-electron chi connectivity index (χ0n) is 10.3. The highest BCUT2D eigenvalue weighted by Crippen LogP contribution is 2.39. The summed E-state index contributed by atoms with van der Waals surface area (Å²) >= 11 is 0. The molecule has 0 aliphatic heterocycles. The highest BCUT2D eigenvalue weighted by Gasteiger charge is 2.15. The van der Waals surface area contributed by atoms with Crippen LogP contribution in [0.25, 0.3) is 0 Å². The Bertz CT molecular complexity index is 391. The molecule has 20 heavy (non-hydrogen) atoms. The maximum absolute atomic E-state index is 10.9. The highest BCUT2D eigenvalue weighted by atomic mass is 16.8. The molecule has 10 heteroatoms. The molecule has 0 aliphatic rings. The maximum atomic E-state index is 10.9. The third kappa shape index (κ3) is 4.09. The number of anilines is 2. The van der Waals surface area contributed by atoms with Crippen LogP contribution in [0.1, 0.15) is 0 Å². The average molecular weight is 290 g/mol. The van der Waals surface area contributed by atoms with Crippen molar-refractivity contribution >= 4 is 11.4 Å². The molecule has 114 valence electrons. The second-order valence-corrected chi connectivity index (χ2v) is 3.48. The molecule has 0 atom stereocenters. The van der Waals surface area contributed by atoms with Gasteiger partial charge in [0.1, 0.15) is 24.7 Å². The van der Waals surface area contributed by atoms with E-state index in [0.29, 0.717) is 0 Å². The Morgan fingerprint density at radius 1 is 0.900 bits per heavy atom. The molecule has 10 nitrogen and oxygen atoms in total. The number of rotatable bonds is 8. The summed E-state index contributed by atoms with van der Waals surface area (Å²) in [5, 5.41) is 56.0. The van der Waals surface area contributed by atoms with Crippen molar-refractivity contribution in [2.24, 2.45) is 0 Å². The van der Waals surface area contributed by atoms with Gasteiger partial charge in [0.25, 0.3) is 0 Å². The molecule has 0 radical (unpaired) electrons. The molecule has 1 rings (SSSR count). The van der Waals surface area contributed by atoms with Gasteiger partial charge in [-0.2, -0.15) is 0 Å². The molecule has 1 aromatic carbocycles. The quantitative estimate of drug-likeness (QED) is 0.474. The lowest BCUT2D eigenvalue weighted by molar-refractivity contribution is 0.0273. The Kier molecular flexibility index (Phi) is 6.24. The Balaban J connectivity index is 3.20. The van der Waals surface area contributed by atoms with Gasteiger partial charge < -0.3 is 35.3 Å². The molecule has 0 aliphatic carbocycles. The zero-order valence-corrected chi connectivity index (χ0v) is 10.3. The van der Waals surface area contributed by atoms with Crippen LogP contribution in [0, 0.1) is 10.4 Å². The first-order valence-electron chi connectivity index (χ1n) is 5.49. The molecule has 4 N–H and O–H groups in total. The van der Waals surface area contributed by atoms with Gasteiger partial charge >= 0.3 is 0 Å². The van der Waals surface area contributed by atoms with E-state index in [-0.39, 0.29) is 48.8 Å². The van der Waals surface area contributed by atoms with E-state index in [9.17, 15) is 10.4 Å². The van der Waals surface area contributed by atoms with E-state index in [1.807, 2.05) is 0 Å². The summed E-state index contributed by atoms with van der Waals surface area (Å²) in [5.41, 5.74) is -0.917. The fourth-order valence-corrected chi connectivity index (χ4v) is 1.38. The Labute approximate surface area is 113 Å². The number of ether oxygens (including phenoxy) is 2. The minimum Gasteiger partial charge on any atom is -0.769 e. The van der Waals surface area contributed by atoms with Gasteiger partial charge in [-0.05, 0) is 6.07 Å². The molecule has 0 spiro atoms. The third-order valence-electron chi connectivity index (χ3n) is 2.15. The van der Waals surface area contributed by atoms with E-state index in [2.05, 4.69) is 0 Å². The predicted molar refractivity (Wildman–Crippen MR) is 66.9 cm³/mol. The van der Waals surface area contributed by atoms with Gasteiger partial charge in [-0.15, -0.1) is 5.23 Å². The lowest BCUT2D eigenvalue weighted by Gasteiger charge is -2.39. The van der Waals surface area contributed by atoms with E-state index < -0.39 is 10.9 Å². The van der Waals surface area contributed by atoms with Gasteiger partial charge in [0.2, 0.25) is 0 Å². The Hall–Kier alpha value is -1.82. The first kappa shape index (κ1) is 16.2. The van der Waals surface area contributed by atoms with Crippen LogP contribution in [0.4, 0.5) is 11.4 Å². The normalized spacial score (nSPS) is 10.3. The molecule has 0 fully saturated rings. The predicted octanol–water partition coefficient (Wildman–Crippen LogP) is -0.184. The van der Waals surface area contributed by atoms with E-state index in [0.717, 1.165) is 12.1 Å². The van der Waals surface area contributed by atoms with Gasteiger partial charge in [0.15, 0.2) is 5.75 Å². The highest BCUT2D eigenvalue weighted by molar-refractivity contribution is 5.72. The first-order chi connectivity index (χ1) is 9.51. The molecular formula is C10H14N2O8-2. The molecule has 0 saturated heterocycles. The minimum atomic E-state index is -0.782. The Morgan fingerprint density at radius 3 is 1.80 bits per heavy atom. The number of nitrogens with zero attached hydrogens (tertiary/aromatic N) is 2. The molecule has 0 amide bonds. The molecule has 1 aromatic rings. The van der Waals surface area contributed by atoms with Crippen LogP contribution in [0.2, 0.25) is 0 Å². The largest absolute Gasteiger partial charge is 0.769 e. The molecular weight excluding hydrogens is 276 g/mol. The van der Waals surface area contributed by atoms with Crippen molar-refractivity contribution in [1.82, 2.24) is 0 Å². The van der Waals surface area contributed by atoms with Crippen LogP contribution in [-0.4, -0.2) is 47.1 Å². The van der Waals surface area contributed by atoms with Crippen LogP contribution >= 0.6 is 0 Å². The smallest absolute Gasteiger partial charge is 0.151 e. The monoisotopic (exact) mass is 290 g/mol. The van der Waals surface area contributed by atoms with Gasteiger partial charge in [-0.25, -0.2) is 0 Å². The summed E-state index contributed by atoms with van der Waals surface area (Å²) in [6, 6.07) is 1.90. The van der Waals surface area contributed by atoms with E-state index >= 15 is 0 Å². The molecule has 0 heterocycles. The SMILES string of the molecule is [O-]N([O-])c1cc(N(O)O)c(OCCO)cc1OCCO. The topological polar surface area (TPSA) is 152 Å². The maximum Gasteiger partial charge on any atom is 0.151 e. The second-order valence-electron chi connectivity index (χ2n) is 3.48. The molecule has 0 aromatic heterocycles. The summed E-state index contributed by atoms with van der Waals surface area (Å²) in [4.78, 5) is 0. The summed E-state index contributed by atoms with van der Waals surface area (Å²) in [6.45, 7) is -1.02. The number of aliphatic hydroxyl groups is 2. The fourth-order valence-electron chi connectivity index (χ4n) is 1.38. The Morgan fingerprint density at radius 2 is 1.40 bits per heavy atom. The van der Waals surface area contributed by atoms with Crippen molar-refractivity contribution in [2.75, 3.05) is 36.9 Å². The lowest BCUT2D eigenvalue weighted by atomic mass is 10.2. The van der Waals surface area contributed by atoms with Crippen LogP contribution in [0.15, 0.2) is 12.1 Å². The van der Waals surface area contributed by atoms with Gasteiger partial charge in [-0.1, -0.05) is 0 Å². The molecule has 0 unspecified atom stereocenters. The standard InChI is InChI=1S/C10H14N2O8/c13-1-3-19-9-6-10(20-4-2-14)8(12(17)18)5-7(9)11(15)16/h5-6,13-16H,1-4H2/q-2. The number of hydrogen-bond donors (Lipinski definition) is 4. The van der Waals surface area contributed by atoms with Gasteiger partial charge in [-0.3, -0.25) is 10.4 Å². The number of benzene rings is 1. The summed E-state index contributed by atoms with van der Waals surface area (Å²) in [6.07, 6.45) is 0. The first-order valence-corrected chi connectivity index (χ1v) is 5.49. The van der Waals surface area contributed by atoms with Crippen molar-refractivity contribution in [3.63, 3.8) is 0 Å². The molecule has 0 saturated carbocycles. The van der Waals surface area contributed by atoms with Crippen LogP contribution in [0.3, 0.4) is 0 Å². The summed E-state index contributed by atoms with van der Waals surface area (Å²) in [7, 11) is 0. The number of aliphatic hydroxyl groups excluding tert-OH is 2. The van der Waals surface area contributed by atoms with Crippen LogP contribution in [-0.2, 0) is 0 Å². The summed E-state index contributed by atoms with van der Waals surface area (Å²) in [5.74, 6) is -0.342. The second kappa shape index (κ2) is 7.69. The lowest BCUT2D eigenvalue weighted by Crippen LogP contribution is -2.16. The van der Waals surface area contributed by atoms with Crippen molar-refractivity contribution in [3.05, 3.63) is 22.5 Å². The van der Waals surface area contributed by atoms with Gasteiger partial charge in [0, 0.05) is 6.07 Å². The van der Waals surface area contributed by atoms with Gasteiger partial charge in [0.05, 0.1) is 18.9 Å². The molecule has 0 bridgehead atoms. The van der Waals surface area contributed by atoms with Crippen molar-refractivity contribution in [1.29, 1.82) is 0 Å².